The number of carbonyl (C=O) groups excluding carboxylic acids is 1. The van der Waals surface area contributed by atoms with Gasteiger partial charge in [-0.25, -0.2) is 12.7 Å². The first kappa shape index (κ1) is 20.7. The number of nitrogens with zero attached hydrogens (tertiary/aromatic N) is 3. The van der Waals surface area contributed by atoms with E-state index in [0.717, 1.165) is 20.5 Å². The number of hydrogen-bond donors (Lipinski definition) is 0. The predicted molar refractivity (Wildman–Crippen MR) is 101 cm³/mol. The molecule has 0 fully saturated rings. The smallest absolute Gasteiger partial charge is 0.251 e. The van der Waals surface area contributed by atoms with Crippen LogP contribution < -0.4 is 10.3 Å². The van der Waals surface area contributed by atoms with Gasteiger partial charge in [-0.2, -0.15) is 0 Å². The molecule has 9 heteroatoms. The lowest BCUT2D eigenvalue weighted by atomic mass is 10.2. The average Bonchev–Trinajstić information content (AvgIpc) is 2.63. The molecule has 0 unspecified atom stereocenters. The lowest BCUT2D eigenvalue weighted by Crippen LogP contribution is -2.34. The first-order valence-electron chi connectivity index (χ1n) is 8.15. The van der Waals surface area contributed by atoms with E-state index in [4.69, 9.17) is 4.74 Å². The van der Waals surface area contributed by atoms with Gasteiger partial charge in [0.05, 0.1) is 12.0 Å². The van der Waals surface area contributed by atoms with Gasteiger partial charge in [0, 0.05) is 45.5 Å². The lowest BCUT2D eigenvalue weighted by Gasteiger charge is -2.20. The number of sulfonamides is 1. The van der Waals surface area contributed by atoms with Gasteiger partial charge in [0.25, 0.3) is 5.56 Å². The third-order valence-corrected chi connectivity index (χ3v) is 5.86. The fourth-order valence-corrected chi connectivity index (χ4v) is 3.36. The molecule has 1 amide bonds. The van der Waals surface area contributed by atoms with Crippen LogP contribution >= 0.6 is 0 Å². The summed E-state index contributed by atoms with van der Waals surface area (Å²) in [5.74, 6) is 0.329. The minimum absolute atomic E-state index is 0.0488. The molecule has 2 rings (SSSR count). The van der Waals surface area contributed by atoms with Gasteiger partial charge in [-0.15, -0.1) is 0 Å². The molecule has 0 aliphatic rings. The molecular formula is C18H23N3O5S. The third kappa shape index (κ3) is 4.75. The summed E-state index contributed by atoms with van der Waals surface area (Å²) in [5.41, 5.74) is 0.374. The van der Waals surface area contributed by atoms with Gasteiger partial charge in [0.1, 0.15) is 12.3 Å². The van der Waals surface area contributed by atoms with Crippen LogP contribution in [-0.2, 0) is 27.9 Å². The molecule has 0 N–H and O–H groups in total. The predicted octanol–water partition coefficient (Wildman–Crippen LogP) is 0.766. The van der Waals surface area contributed by atoms with Crippen molar-refractivity contribution in [1.29, 1.82) is 0 Å². The van der Waals surface area contributed by atoms with E-state index in [2.05, 4.69) is 0 Å². The molecule has 1 aromatic heterocycles. The van der Waals surface area contributed by atoms with Gasteiger partial charge in [-0.05, 0) is 12.1 Å². The molecule has 0 aliphatic carbocycles. The Kier molecular flexibility index (Phi) is 6.40. The molecule has 0 aliphatic heterocycles. The summed E-state index contributed by atoms with van der Waals surface area (Å²) in [5, 5.41) is 0. The van der Waals surface area contributed by atoms with Crippen molar-refractivity contribution in [3.63, 3.8) is 0 Å². The van der Waals surface area contributed by atoms with E-state index in [1.54, 1.807) is 20.2 Å². The monoisotopic (exact) mass is 393 g/mol. The van der Waals surface area contributed by atoms with Crippen LogP contribution in [0.15, 0.2) is 52.3 Å². The Balaban J connectivity index is 2.21. The van der Waals surface area contributed by atoms with E-state index in [9.17, 15) is 18.0 Å². The van der Waals surface area contributed by atoms with Crippen molar-refractivity contribution in [2.24, 2.45) is 0 Å². The summed E-state index contributed by atoms with van der Waals surface area (Å²) in [6.45, 7) is 0.0363. The van der Waals surface area contributed by atoms with Crippen molar-refractivity contribution in [1.82, 2.24) is 13.8 Å². The highest BCUT2D eigenvalue weighted by atomic mass is 32.2. The standard InChI is InChI=1S/C18H23N3O5S/c1-19(2)27(24,25)15-9-10-17(22)21(12-15)13-18(23)20(3)11-14-7-5-6-8-16(14)26-4/h5-10,12H,11,13H2,1-4H3. The number of ether oxygens (including phenoxy) is 1. The van der Waals surface area contributed by atoms with E-state index in [0.29, 0.717) is 12.3 Å². The average molecular weight is 393 g/mol. The number of methoxy groups -OCH3 is 1. The highest BCUT2D eigenvalue weighted by Gasteiger charge is 2.19. The van der Waals surface area contributed by atoms with Crippen LogP contribution in [0.2, 0.25) is 0 Å². The van der Waals surface area contributed by atoms with Crippen molar-refractivity contribution in [3.05, 3.63) is 58.5 Å². The second kappa shape index (κ2) is 8.36. The molecule has 1 heterocycles. The number of para-hydroxylation sites is 1. The van der Waals surface area contributed by atoms with Crippen LogP contribution in [-0.4, -0.2) is 56.4 Å². The minimum atomic E-state index is -3.70. The zero-order valence-corrected chi connectivity index (χ0v) is 16.6. The fraction of sp³-hybridized carbons (Fsp3) is 0.333. The number of amides is 1. The molecule has 146 valence electrons. The highest BCUT2D eigenvalue weighted by Crippen LogP contribution is 2.19. The SMILES string of the molecule is COc1ccccc1CN(C)C(=O)Cn1cc(S(=O)(=O)N(C)C)ccc1=O. The number of benzene rings is 1. The summed E-state index contributed by atoms with van der Waals surface area (Å²) < 4.78 is 31.9. The number of hydrogen-bond acceptors (Lipinski definition) is 5. The van der Waals surface area contributed by atoms with Gasteiger partial charge < -0.3 is 14.2 Å². The van der Waals surface area contributed by atoms with E-state index in [-0.39, 0.29) is 17.3 Å². The first-order valence-corrected chi connectivity index (χ1v) is 9.59. The summed E-state index contributed by atoms with van der Waals surface area (Å²) in [6.07, 6.45) is 1.19. The van der Waals surface area contributed by atoms with Crippen molar-refractivity contribution in [2.45, 2.75) is 18.0 Å². The Morgan fingerprint density at radius 2 is 1.78 bits per heavy atom. The largest absolute Gasteiger partial charge is 0.496 e. The van der Waals surface area contributed by atoms with Crippen molar-refractivity contribution < 1.29 is 17.9 Å². The molecular weight excluding hydrogens is 370 g/mol. The first-order chi connectivity index (χ1) is 12.7. The van der Waals surface area contributed by atoms with Crippen LogP contribution in [0.25, 0.3) is 0 Å². The Labute approximate surface area is 158 Å². The lowest BCUT2D eigenvalue weighted by molar-refractivity contribution is -0.131. The Morgan fingerprint density at radius 1 is 1.11 bits per heavy atom. The molecule has 8 nitrogen and oxygen atoms in total. The zero-order valence-electron chi connectivity index (χ0n) is 15.7. The Morgan fingerprint density at radius 3 is 2.41 bits per heavy atom. The van der Waals surface area contributed by atoms with E-state index < -0.39 is 15.6 Å². The quantitative estimate of drug-likeness (QED) is 0.693. The van der Waals surface area contributed by atoms with Crippen LogP contribution in [0.1, 0.15) is 5.56 Å². The number of aromatic nitrogens is 1. The molecule has 0 bridgehead atoms. The fourth-order valence-electron chi connectivity index (χ4n) is 2.44. The van der Waals surface area contributed by atoms with Gasteiger partial charge in [-0.1, -0.05) is 18.2 Å². The number of rotatable bonds is 7. The van der Waals surface area contributed by atoms with Gasteiger partial charge >= 0.3 is 0 Å². The second-order valence-electron chi connectivity index (χ2n) is 6.18. The summed E-state index contributed by atoms with van der Waals surface area (Å²) in [7, 11) is 2.27. The summed E-state index contributed by atoms with van der Waals surface area (Å²) >= 11 is 0. The number of pyridine rings is 1. The van der Waals surface area contributed by atoms with E-state index >= 15 is 0 Å². The van der Waals surface area contributed by atoms with Gasteiger partial charge in [-0.3, -0.25) is 9.59 Å². The van der Waals surface area contributed by atoms with Crippen LogP contribution in [0.4, 0.5) is 0 Å². The van der Waals surface area contributed by atoms with Crippen LogP contribution in [0.3, 0.4) is 0 Å². The number of carbonyl (C=O) groups is 1. The molecule has 0 saturated heterocycles. The van der Waals surface area contributed by atoms with E-state index in [1.165, 1.54) is 31.3 Å². The van der Waals surface area contributed by atoms with Crippen LogP contribution in [0, 0.1) is 0 Å². The summed E-state index contributed by atoms with van der Waals surface area (Å²) in [4.78, 5) is 26.0. The molecule has 0 saturated carbocycles. The minimum Gasteiger partial charge on any atom is -0.496 e. The van der Waals surface area contributed by atoms with Gasteiger partial charge in [0.2, 0.25) is 15.9 Å². The third-order valence-electron chi connectivity index (χ3n) is 4.07. The maximum atomic E-state index is 12.5. The summed E-state index contributed by atoms with van der Waals surface area (Å²) in [6, 6.07) is 9.70. The maximum Gasteiger partial charge on any atom is 0.251 e. The molecule has 0 atom stereocenters. The maximum absolute atomic E-state index is 12.5. The van der Waals surface area contributed by atoms with Crippen molar-refractivity contribution >= 4 is 15.9 Å². The highest BCUT2D eigenvalue weighted by molar-refractivity contribution is 7.89. The Hall–Kier alpha value is -2.65. The molecule has 1 aromatic carbocycles. The molecule has 0 spiro atoms. The van der Waals surface area contributed by atoms with Crippen molar-refractivity contribution in [3.8, 4) is 5.75 Å². The van der Waals surface area contributed by atoms with Gasteiger partial charge in [0.15, 0.2) is 0 Å². The second-order valence-corrected chi connectivity index (χ2v) is 8.33. The normalized spacial score (nSPS) is 11.4. The topological polar surface area (TPSA) is 88.9 Å². The van der Waals surface area contributed by atoms with Crippen LogP contribution in [0.5, 0.6) is 5.75 Å². The Bertz CT molecular complexity index is 982. The molecule has 0 radical (unpaired) electrons. The number of likely N-dealkylation sites (N-methyl/N-ethyl adjacent to an activating group) is 1. The molecule has 27 heavy (non-hydrogen) atoms. The molecule has 2 aromatic rings. The zero-order chi connectivity index (χ0) is 20.2. The van der Waals surface area contributed by atoms with E-state index in [1.807, 2.05) is 18.2 Å². The van der Waals surface area contributed by atoms with Crippen molar-refractivity contribution in [2.75, 3.05) is 28.3 Å².